The van der Waals surface area contributed by atoms with Crippen LogP contribution in [-0.2, 0) is 13.0 Å². The molecule has 0 bridgehead atoms. The van der Waals surface area contributed by atoms with Gasteiger partial charge in [-0.15, -0.1) is 0 Å². The first-order valence-electron chi connectivity index (χ1n) is 6.40. The maximum absolute atomic E-state index is 5.82. The highest BCUT2D eigenvalue weighted by atomic mass is 14.9. The molecular formula is C16H20N2. The SMILES string of the molecule is NC[C@@H](Cc1ccccc1)NCc1ccccc1. The van der Waals surface area contributed by atoms with E-state index in [2.05, 4.69) is 53.8 Å². The molecular weight excluding hydrogens is 220 g/mol. The number of nitrogens with one attached hydrogen (secondary N) is 1. The molecule has 0 aromatic heterocycles. The largest absolute Gasteiger partial charge is 0.329 e. The Balaban J connectivity index is 1.86. The third-order valence-electron chi connectivity index (χ3n) is 3.05. The average molecular weight is 240 g/mol. The zero-order valence-electron chi connectivity index (χ0n) is 10.5. The quantitative estimate of drug-likeness (QED) is 0.813. The van der Waals surface area contributed by atoms with Crippen LogP contribution in [0, 0.1) is 0 Å². The first-order valence-corrected chi connectivity index (χ1v) is 6.40. The summed E-state index contributed by atoms with van der Waals surface area (Å²) in [5.74, 6) is 0. The number of hydrogen-bond donors (Lipinski definition) is 2. The molecule has 3 N–H and O–H groups in total. The molecule has 0 saturated heterocycles. The molecule has 0 saturated carbocycles. The summed E-state index contributed by atoms with van der Waals surface area (Å²) in [4.78, 5) is 0. The molecule has 0 aliphatic rings. The highest BCUT2D eigenvalue weighted by molar-refractivity contribution is 5.17. The molecule has 0 radical (unpaired) electrons. The molecule has 2 heteroatoms. The van der Waals surface area contributed by atoms with Gasteiger partial charge in [-0.05, 0) is 17.5 Å². The second kappa shape index (κ2) is 6.94. The molecule has 2 aromatic carbocycles. The second-order valence-electron chi connectivity index (χ2n) is 4.49. The lowest BCUT2D eigenvalue weighted by Gasteiger charge is -2.17. The Morgan fingerprint density at radius 2 is 1.39 bits per heavy atom. The summed E-state index contributed by atoms with van der Waals surface area (Å²) in [5, 5.41) is 3.51. The van der Waals surface area contributed by atoms with E-state index in [1.807, 2.05) is 12.1 Å². The van der Waals surface area contributed by atoms with Crippen LogP contribution in [0.4, 0.5) is 0 Å². The summed E-state index contributed by atoms with van der Waals surface area (Å²) in [6.07, 6.45) is 0.976. The molecule has 0 aliphatic carbocycles. The lowest BCUT2D eigenvalue weighted by Crippen LogP contribution is -2.37. The Kier molecular flexibility index (Phi) is 4.94. The lowest BCUT2D eigenvalue weighted by molar-refractivity contribution is 0.515. The number of benzene rings is 2. The van der Waals surface area contributed by atoms with Crippen molar-refractivity contribution in [3.05, 3.63) is 71.8 Å². The van der Waals surface area contributed by atoms with E-state index in [0.29, 0.717) is 12.6 Å². The minimum Gasteiger partial charge on any atom is -0.329 e. The van der Waals surface area contributed by atoms with Crippen molar-refractivity contribution in [1.29, 1.82) is 0 Å². The van der Waals surface area contributed by atoms with Crippen LogP contribution in [0.15, 0.2) is 60.7 Å². The fraction of sp³-hybridized carbons (Fsp3) is 0.250. The smallest absolute Gasteiger partial charge is 0.0233 e. The van der Waals surface area contributed by atoms with Crippen LogP contribution in [0.2, 0.25) is 0 Å². The standard InChI is InChI=1S/C16H20N2/c17-12-16(11-14-7-3-1-4-8-14)18-13-15-9-5-2-6-10-15/h1-10,16,18H,11-13,17H2/t16-/m1/s1. The number of nitrogens with two attached hydrogens (primary N) is 1. The van der Waals surface area contributed by atoms with Gasteiger partial charge in [0.25, 0.3) is 0 Å². The molecule has 0 unspecified atom stereocenters. The molecule has 0 amide bonds. The second-order valence-corrected chi connectivity index (χ2v) is 4.49. The van der Waals surface area contributed by atoms with Crippen molar-refractivity contribution in [3.8, 4) is 0 Å². The van der Waals surface area contributed by atoms with Gasteiger partial charge in [0, 0.05) is 19.1 Å². The van der Waals surface area contributed by atoms with E-state index >= 15 is 0 Å². The van der Waals surface area contributed by atoms with Gasteiger partial charge in [-0.2, -0.15) is 0 Å². The van der Waals surface area contributed by atoms with Crippen LogP contribution in [0.5, 0.6) is 0 Å². The molecule has 0 fully saturated rings. The van der Waals surface area contributed by atoms with Crippen molar-refractivity contribution < 1.29 is 0 Å². The molecule has 0 spiro atoms. The van der Waals surface area contributed by atoms with Crippen molar-refractivity contribution in [2.45, 2.75) is 19.0 Å². The van der Waals surface area contributed by atoms with Crippen LogP contribution in [0.3, 0.4) is 0 Å². The Morgan fingerprint density at radius 1 is 0.833 bits per heavy atom. The predicted molar refractivity (Wildman–Crippen MR) is 76.3 cm³/mol. The molecule has 2 rings (SSSR count). The van der Waals surface area contributed by atoms with Crippen molar-refractivity contribution in [2.24, 2.45) is 5.73 Å². The maximum atomic E-state index is 5.82. The number of rotatable bonds is 6. The van der Waals surface area contributed by atoms with Crippen molar-refractivity contribution in [3.63, 3.8) is 0 Å². The summed E-state index contributed by atoms with van der Waals surface area (Å²) in [5.41, 5.74) is 8.44. The third-order valence-corrected chi connectivity index (χ3v) is 3.05. The zero-order valence-corrected chi connectivity index (χ0v) is 10.5. The van der Waals surface area contributed by atoms with Gasteiger partial charge in [-0.25, -0.2) is 0 Å². The fourth-order valence-electron chi connectivity index (χ4n) is 2.00. The van der Waals surface area contributed by atoms with Gasteiger partial charge in [0.2, 0.25) is 0 Å². The van der Waals surface area contributed by atoms with Gasteiger partial charge in [-0.3, -0.25) is 0 Å². The molecule has 0 heterocycles. The average Bonchev–Trinajstić information content (AvgIpc) is 2.45. The van der Waals surface area contributed by atoms with Gasteiger partial charge >= 0.3 is 0 Å². The Morgan fingerprint density at radius 3 is 1.94 bits per heavy atom. The maximum Gasteiger partial charge on any atom is 0.0233 e. The highest BCUT2D eigenvalue weighted by Crippen LogP contribution is 2.04. The van der Waals surface area contributed by atoms with Crippen LogP contribution in [0.25, 0.3) is 0 Å². The zero-order chi connectivity index (χ0) is 12.6. The fourth-order valence-corrected chi connectivity index (χ4v) is 2.00. The van der Waals surface area contributed by atoms with Crippen LogP contribution in [-0.4, -0.2) is 12.6 Å². The van der Waals surface area contributed by atoms with E-state index in [-0.39, 0.29) is 0 Å². The van der Waals surface area contributed by atoms with E-state index in [1.165, 1.54) is 11.1 Å². The minimum absolute atomic E-state index is 0.326. The Bertz CT molecular complexity index is 439. The Hall–Kier alpha value is -1.64. The van der Waals surface area contributed by atoms with Gasteiger partial charge in [0.05, 0.1) is 0 Å². The van der Waals surface area contributed by atoms with Gasteiger partial charge in [-0.1, -0.05) is 60.7 Å². The van der Waals surface area contributed by atoms with E-state index in [0.717, 1.165) is 13.0 Å². The van der Waals surface area contributed by atoms with Crippen molar-refractivity contribution in [2.75, 3.05) is 6.54 Å². The predicted octanol–water partition coefficient (Wildman–Crippen LogP) is 2.35. The van der Waals surface area contributed by atoms with Crippen LogP contribution < -0.4 is 11.1 Å². The van der Waals surface area contributed by atoms with Crippen LogP contribution >= 0.6 is 0 Å². The van der Waals surface area contributed by atoms with Crippen molar-refractivity contribution >= 4 is 0 Å². The van der Waals surface area contributed by atoms with E-state index in [1.54, 1.807) is 0 Å². The molecule has 18 heavy (non-hydrogen) atoms. The molecule has 0 aliphatic heterocycles. The normalized spacial score (nSPS) is 12.3. The monoisotopic (exact) mass is 240 g/mol. The summed E-state index contributed by atoms with van der Waals surface area (Å²) >= 11 is 0. The van der Waals surface area contributed by atoms with Gasteiger partial charge < -0.3 is 11.1 Å². The first kappa shape index (κ1) is 12.8. The van der Waals surface area contributed by atoms with E-state index in [4.69, 9.17) is 5.73 Å². The van der Waals surface area contributed by atoms with Crippen molar-refractivity contribution in [1.82, 2.24) is 5.32 Å². The number of hydrogen-bond acceptors (Lipinski definition) is 2. The minimum atomic E-state index is 0.326. The summed E-state index contributed by atoms with van der Waals surface area (Å²) in [6, 6.07) is 21.2. The highest BCUT2D eigenvalue weighted by Gasteiger charge is 2.06. The third kappa shape index (κ3) is 3.99. The van der Waals surface area contributed by atoms with Crippen LogP contribution in [0.1, 0.15) is 11.1 Å². The molecule has 1 atom stereocenters. The summed E-state index contributed by atoms with van der Waals surface area (Å²) in [7, 11) is 0. The molecule has 94 valence electrons. The molecule has 2 aromatic rings. The lowest BCUT2D eigenvalue weighted by atomic mass is 10.1. The topological polar surface area (TPSA) is 38.0 Å². The first-order chi connectivity index (χ1) is 8.88. The Labute approximate surface area is 109 Å². The summed E-state index contributed by atoms with van der Waals surface area (Å²) in [6.45, 7) is 1.53. The van der Waals surface area contributed by atoms with E-state index in [9.17, 15) is 0 Å². The van der Waals surface area contributed by atoms with Gasteiger partial charge in [0.15, 0.2) is 0 Å². The van der Waals surface area contributed by atoms with Gasteiger partial charge in [0.1, 0.15) is 0 Å². The van der Waals surface area contributed by atoms with E-state index < -0.39 is 0 Å². The summed E-state index contributed by atoms with van der Waals surface area (Å²) < 4.78 is 0. The molecule has 2 nitrogen and oxygen atoms in total.